The van der Waals surface area contributed by atoms with Gasteiger partial charge in [-0.05, 0) is 20.3 Å². The van der Waals surface area contributed by atoms with Crippen LogP contribution in [0.3, 0.4) is 0 Å². The van der Waals surface area contributed by atoms with Gasteiger partial charge >= 0.3 is 0 Å². The van der Waals surface area contributed by atoms with Gasteiger partial charge in [-0.25, -0.2) is 8.42 Å². The Morgan fingerprint density at radius 2 is 2.04 bits per heavy atom. The van der Waals surface area contributed by atoms with E-state index in [1.807, 2.05) is 6.20 Å². The van der Waals surface area contributed by atoms with E-state index in [0.717, 1.165) is 12.1 Å². The largest absolute Gasteiger partial charge is 0.360 e. The quantitative estimate of drug-likeness (QED) is 0.796. The van der Waals surface area contributed by atoms with Gasteiger partial charge in [0.25, 0.3) is 0 Å². The van der Waals surface area contributed by atoms with E-state index < -0.39 is 10.0 Å². The highest BCUT2D eigenvalue weighted by atomic mass is 32.2. The van der Waals surface area contributed by atoms with Crippen molar-refractivity contribution in [2.45, 2.75) is 37.6 Å². The van der Waals surface area contributed by atoms with E-state index in [9.17, 15) is 13.2 Å². The Bertz CT molecular complexity index is 906. The fourth-order valence-electron chi connectivity index (χ4n) is 3.34. The highest BCUT2D eigenvalue weighted by molar-refractivity contribution is 7.89. The molecule has 2 aromatic rings. The van der Waals surface area contributed by atoms with E-state index in [2.05, 4.69) is 10.3 Å². The maximum absolute atomic E-state index is 12.7. The Balaban J connectivity index is 1.47. The van der Waals surface area contributed by atoms with Crippen molar-refractivity contribution in [1.29, 1.82) is 0 Å². The lowest BCUT2D eigenvalue weighted by molar-refractivity contribution is -0.117. The second kappa shape index (κ2) is 5.67. The van der Waals surface area contributed by atoms with Gasteiger partial charge in [-0.15, -0.1) is 0 Å². The summed E-state index contributed by atoms with van der Waals surface area (Å²) in [5.74, 6) is 0.408. The van der Waals surface area contributed by atoms with Gasteiger partial charge in [-0.1, -0.05) is 5.16 Å². The van der Waals surface area contributed by atoms with Crippen molar-refractivity contribution >= 4 is 21.6 Å². The Kier molecular flexibility index (Phi) is 3.69. The highest BCUT2D eigenvalue weighted by Gasteiger charge is 2.41. The minimum absolute atomic E-state index is 0.0401. The van der Waals surface area contributed by atoms with E-state index in [1.54, 1.807) is 29.6 Å². The lowest BCUT2D eigenvalue weighted by Crippen LogP contribution is -2.50. The zero-order valence-corrected chi connectivity index (χ0v) is 14.9. The van der Waals surface area contributed by atoms with Crippen molar-refractivity contribution in [3.05, 3.63) is 23.8 Å². The van der Waals surface area contributed by atoms with Gasteiger partial charge in [0, 0.05) is 32.3 Å². The first-order valence-corrected chi connectivity index (χ1v) is 9.59. The Morgan fingerprint density at radius 3 is 2.64 bits per heavy atom. The summed E-state index contributed by atoms with van der Waals surface area (Å²) in [5.41, 5.74) is 1.14. The molecule has 1 amide bonds. The molecule has 4 heterocycles. The third-order valence-electron chi connectivity index (χ3n) is 4.74. The number of amides is 1. The summed E-state index contributed by atoms with van der Waals surface area (Å²) in [4.78, 5) is 13.7. The third kappa shape index (κ3) is 2.56. The topological polar surface area (TPSA) is 102 Å². The van der Waals surface area contributed by atoms with Gasteiger partial charge in [0.15, 0.2) is 5.76 Å². The summed E-state index contributed by atoms with van der Waals surface area (Å²) in [7, 11) is -3.61. The molecule has 0 aliphatic carbocycles. The van der Waals surface area contributed by atoms with Crippen LogP contribution in [-0.4, -0.2) is 53.2 Å². The van der Waals surface area contributed by atoms with Crippen molar-refractivity contribution in [1.82, 2.24) is 19.2 Å². The summed E-state index contributed by atoms with van der Waals surface area (Å²) >= 11 is 0. The van der Waals surface area contributed by atoms with Crippen LogP contribution in [-0.2, 0) is 14.8 Å². The fourth-order valence-corrected chi connectivity index (χ4v) is 5.15. The molecule has 25 heavy (non-hydrogen) atoms. The van der Waals surface area contributed by atoms with Crippen LogP contribution in [0.25, 0.3) is 0 Å². The zero-order valence-electron chi connectivity index (χ0n) is 14.0. The second-order valence-corrected chi connectivity index (χ2v) is 8.33. The van der Waals surface area contributed by atoms with Gasteiger partial charge in [-0.2, -0.15) is 9.40 Å². The van der Waals surface area contributed by atoms with Gasteiger partial charge in [-0.3, -0.25) is 9.48 Å². The Morgan fingerprint density at radius 1 is 1.28 bits per heavy atom. The molecule has 2 aliphatic heterocycles. The molecule has 0 radical (unpaired) electrons. The number of aromatic nitrogens is 3. The standard InChI is InChI=1S/C15H19N5O4S/c1-10-15(11(2)24-17-10)25(22,23)18-7-13(8-18)20-9-12(6-16-20)19-5-3-4-14(19)21/h6,9,13H,3-5,7-8H2,1-2H3. The van der Waals surface area contributed by atoms with Crippen LogP contribution in [0.4, 0.5) is 5.69 Å². The van der Waals surface area contributed by atoms with E-state index >= 15 is 0 Å². The van der Waals surface area contributed by atoms with Gasteiger partial charge in [0.1, 0.15) is 10.6 Å². The normalized spacial score (nSPS) is 19.6. The first-order valence-electron chi connectivity index (χ1n) is 8.15. The molecule has 9 nitrogen and oxygen atoms in total. The number of anilines is 1. The maximum atomic E-state index is 12.7. The summed E-state index contributed by atoms with van der Waals surface area (Å²) in [5, 5.41) is 8.02. The monoisotopic (exact) mass is 365 g/mol. The lowest BCUT2D eigenvalue weighted by atomic mass is 10.2. The molecule has 0 N–H and O–H groups in total. The van der Waals surface area contributed by atoms with Crippen LogP contribution < -0.4 is 4.90 Å². The summed E-state index contributed by atoms with van der Waals surface area (Å²) in [6, 6.07) is -0.0401. The maximum Gasteiger partial charge on any atom is 0.248 e. The highest BCUT2D eigenvalue weighted by Crippen LogP contribution is 2.32. The number of sulfonamides is 1. The molecular weight excluding hydrogens is 346 g/mol. The molecule has 0 aromatic carbocycles. The molecule has 2 aliphatic rings. The average Bonchev–Trinajstić information content (AvgIpc) is 3.18. The first-order chi connectivity index (χ1) is 11.9. The number of nitrogens with zero attached hydrogens (tertiary/aromatic N) is 5. The van der Waals surface area contributed by atoms with Crippen LogP contribution >= 0.6 is 0 Å². The molecule has 134 valence electrons. The first kappa shape index (κ1) is 16.3. The predicted molar refractivity (Wildman–Crippen MR) is 87.6 cm³/mol. The predicted octanol–water partition coefficient (Wildman–Crippen LogP) is 0.860. The Hall–Kier alpha value is -2.20. The van der Waals surface area contributed by atoms with Crippen LogP contribution in [0.5, 0.6) is 0 Å². The molecule has 0 bridgehead atoms. The third-order valence-corrected chi connectivity index (χ3v) is 6.82. The minimum atomic E-state index is -3.61. The summed E-state index contributed by atoms with van der Waals surface area (Å²) in [6.07, 6.45) is 4.90. The fraction of sp³-hybridized carbons (Fsp3) is 0.533. The van der Waals surface area contributed by atoms with E-state index in [1.165, 1.54) is 4.31 Å². The molecule has 2 saturated heterocycles. The van der Waals surface area contributed by atoms with Gasteiger partial charge in [0.05, 0.1) is 17.9 Å². The Labute approximate surface area is 145 Å². The number of rotatable bonds is 4. The van der Waals surface area contributed by atoms with Crippen molar-refractivity contribution in [2.24, 2.45) is 0 Å². The van der Waals surface area contributed by atoms with E-state index in [4.69, 9.17) is 4.52 Å². The summed E-state index contributed by atoms with van der Waals surface area (Å²) < 4.78 is 33.5. The molecule has 0 spiro atoms. The van der Waals surface area contributed by atoms with Gasteiger partial charge < -0.3 is 9.42 Å². The van der Waals surface area contributed by atoms with Crippen molar-refractivity contribution in [3.63, 3.8) is 0 Å². The number of carbonyl (C=O) groups is 1. The minimum Gasteiger partial charge on any atom is -0.360 e. The number of carbonyl (C=O) groups excluding carboxylic acids is 1. The van der Waals surface area contributed by atoms with Crippen molar-refractivity contribution in [3.8, 4) is 0 Å². The molecule has 2 aromatic heterocycles. The van der Waals surface area contributed by atoms with Crippen molar-refractivity contribution in [2.75, 3.05) is 24.5 Å². The van der Waals surface area contributed by atoms with Crippen molar-refractivity contribution < 1.29 is 17.7 Å². The van der Waals surface area contributed by atoms with Crippen LogP contribution in [0, 0.1) is 13.8 Å². The van der Waals surface area contributed by atoms with Crippen LogP contribution in [0.2, 0.25) is 0 Å². The average molecular weight is 365 g/mol. The number of hydrogen-bond donors (Lipinski definition) is 0. The molecule has 0 atom stereocenters. The smallest absolute Gasteiger partial charge is 0.248 e. The molecule has 10 heteroatoms. The second-order valence-electron chi connectivity index (χ2n) is 6.46. The SMILES string of the molecule is Cc1noc(C)c1S(=O)(=O)N1CC(n2cc(N3CCCC3=O)cn2)C1. The molecule has 0 saturated carbocycles. The van der Waals surface area contributed by atoms with E-state index in [-0.39, 0.29) is 16.8 Å². The lowest BCUT2D eigenvalue weighted by Gasteiger charge is -2.37. The molecule has 0 unspecified atom stereocenters. The summed E-state index contributed by atoms with van der Waals surface area (Å²) in [6.45, 7) is 4.59. The van der Waals surface area contributed by atoms with Gasteiger partial charge in [0.2, 0.25) is 15.9 Å². The van der Waals surface area contributed by atoms with Crippen LogP contribution in [0.15, 0.2) is 21.8 Å². The van der Waals surface area contributed by atoms with E-state index in [0.29, 0.717) is 37.5 Å². The number of hydrogen-bond acceptors (Lipinski definition) is 6. The zero-order chi connectivity index (χ0) is 17.8. The molecule has 2 fully saturated rings. The molecule has 4 rings (SSSR count). The van der Waals surface area contributed by atoms with Crippen LogP contribution in [0.1, 0.15) is 30.3 Å². The molecular formula is C15H19N5O4S. The number of aryl methyl sites for hydroxylation is 2.